The molecule has 4 nitrogen and oxygen atoms in total. The Morgan fingerprint density at radius 3 is 2.93 bits per heavy atom. The molecule has 72 valence electrons. The Morgan fingerprint density at radius 1 is 1.50 bits per heavy atom. The maximum atomic E-state index is 11.1. The molecule has 0 aliphatic heterocycles. The van der Waals surface area contributed by atoms with Gasteiger partial charge in [-0.1, -0.05) is 0 Å². The summed E-state index contributed by atoms with van der Waals surface area (Å²) in [5.41, 5.74) is 1.46. The lowest BCUT2D eigenvalue weighted by Crippen LogP contribution is -1.90. The van der Waals surface area contributed by atoms with Gasteiger partial charge in [-0.25, -0.2) is 4.98 Å². The first kappa shape index (κ1) is 8.74. The molecule has 0 amide bonds. The quantitative estimate of drug-likeness (QED) is 0.734. The number of pyridine rings is 1. The first-order valence-electron chi connectivity index (χ1n) is 4.24. The van der Waals surface area contributed by atoms with Crippen LogP contribution in [0.1, 0.15) is 17.4 Å². The van der Waals surface area contributed by atoms with E-state index in [9.17, 15) is 4.79 Å². The van der Waals surface area contributed by atoms with E-state index in [1.54, 1.807) is 25.4 Å². The summed E-state index contributed by atoms with van der Waals surface area (Å²) in [6.07, 6.45) is 1.68. The van der Waals surface area contributed by atoms with Crippen LogP contribution in [0.15, 0.2) is 18.3 Å². The maximum Gasteiger partial charge on any atom is 0.215 e. The molecule has 4 heteroatoms. The summed E-state index contributed by atoms with van der Waals surface area (Å²) < 4.78 is 4.98. The van der Waals surface area contributed by atoms with Crippen LogP contribution in [0.2, 0.25) is 0 Å². The van der Waals surface area contributed by atoms with Crippen molar-refractivity contribution in [2.45, 2.75) is 6.92 Å². The maximum absolute atomic E-state index is 11.1. The molecule has 0 atom stereocenters. The van der Waals surface area contributed by atoms with Crippen LogP contribution in [-0.4, -0.2) is 22.9 Å². The second-order valence-corrected chi connectivity index (χ2v) is 3.05. The second-order valence-electron chi connectivity index (χ2n) is 3.05. The lowest BCUT2D eigenvalue weighted by Gasteiger charge is -1.96. The van der Waals surface area contributed by atoms with Gasteiger partial charge in [0.1, 0.15) is 0 Å². The summed E-state index contributed by atoms with van der Waals surface area (Å²) in [6, 6.07) is 3.55. The van der Waals surface area contributed by atoms with Crippen LogP contribution in [-0.2, 0) is 0 Å². The molecule has 2 aromatic heterocycles. The van der Waals surface area contributed by atoms with Crippen molar-refractivity contribution in [2.75, 3.05) is 7.11 Å². The molecule has 14 heavy (non-hydrogen) atoms. The Bertz CT molecular complexity index is 488. The van der Waals surface area contributed by atoms with E-state index in [0.717, 1.165) is 10.9 Å². The van der Waals surface area contributed by atoms with E-state index in [1.165, 1.54) is 6.92 Å². The van der Waals surface area contributed by atoms with Crippen LogP contribution in [0.3, 0.4) is 0 Å². The molecule has 0 fully saturated rings. The topological polar surface area (TPSA) is 55.0 Å². The summed E-state index contributed by atoms with van der Waals surface area (Å²) in [5.74, 6) is 0.551. The van der Waals surface area contributed by atoms with Crippen LogP contribution in [0.4, 0.5) is 0 Å². The van der Waals surface area contributed by atoms with Gasteiger partial charge in [-0.05, 0) is 6.07 Å². The second kappa shape index (κ2) is 3.14. The molecule has 1 N–H and O–H groups in total. The summed E-state index contributed by atoms with van der Waals surface area (Å²) in [6.45, 7) is 1.52. The van der Waals surface area contributed by atoms with Gasteiger partial charge in [0.25, 0.3) is 0 Å². The number of ketones is 1. The number of rotatable bonds is 2. The molecular formula is C10H10N2O2. The molecule has 0 saturated heterocycles. The Hall–Kier alpha value is -1.84. The Kier molecular flexibility index (Phi) is 1.96. The van der Waals surface area contributed by atoms with Gasteiger partial charge in [-0.15, -0.1) is 0 Å². The molecule has 2 aromatic rings. The number of methoxy groups -OCH3 is 1. The van der Waals surface area contributed by atoms with Gasteiger partial charge in [0.2, 0.25) is 5.88 Å². The predicted octanol–water partition coefficient (Wildman–Crippen LogP) is 1.77. The third-order valence-electron chi connectivity index (χ3n) is 2.07. The molecule has 0 aliphatic rings. The predicted molar refractivity (Wildman–Crippen MR) is 52.7 cm³/mol. The number of hydrogen-bond acceptors (Lipinski definition) is 3. The number of nitrogens with zero attached hydrogens (tertiary/aromatic N) is 1. The van der Waals surface area contributed by atoms with Crippen molar-refractivity contribution in [3.8, 4) is 5.88 Å². The lowest BCUT2D eigenvalue weighted by atomic mass is 10.3. The van der Waals surface area contributed by atoms with E-state index in [1.807, 2.05) is 0 Å². The summed E-state index contributed by atoms with van der Waals surface area (Å²) in [4.78, 5) is 18.1. The number of carbonyl (C=O) groups excluding carboxylic acids is 1. The van der Waals surface area contributed by atoms with E-state index in [0.29, 0.717) is 11.6 Å². The monoisotopic (exact) mass is 190 g/mol. The summed E-state index contributed by atoms with van der Waals surface area (Å²) in [7, 11) is 1.56. The van der Waals surface area contributed by atoms with E-state index in [-0.39, 0.29) is 5.78 Å². The zero-order valence-electron chi connectivity index (χ0n) is 8.00. The van der Waals surface area contributed by atoms with E-state index < -0.39 is 0 Å². The van der Waals surface area contributed by atoms with Crippen molar-refractivity contribution in [1.29, 1.82) is 0 Å². The van der Waals surface area contributed by atoms with Gasteiger partial charge >= 0.3 is 0 Å². The third kappa shape index (κ3) is 1.35. The zero-order valence-corrected chi connectivity index (χ0v) is 8.00. The average molecular weight is 190 g/mol. The van der Waals surface area contributed by atoms with E-state index in [2.05, 4.69) is 9.97 Å². The number of H-pyrrole nitrogens is 1. The van der Waals surface area contributed by atoms with Gasteiger partial charge < -0.3 is 9.72 Å². The normalized spacial score (nSPS) is 10.4. The molecular weight excluding hydrogens is 180 g/mol. The minimum atomic E-state index is 0.0140. The van der Waals surface area contributed by atoms with E-state index >= 15 is 0 Å². The number of carbonyl (C=O) groups is 1. The number of fused-ring (bicyclic) bond motifs is 1. The van der Waals surface area contributed by atoms with E-state index in [4.69, 9.17) is 4.74 Å². The number of nitrogens with one attached hydrogen (secondary N) is 1. The zero-order chi connectivity index (χ0) is 10.1. The molecule has 0 aliphatic carbocycles. The first-order valence-corrected chi connectivity index (χ1v) is 4.24. The van der Waals surface area contributed by atoms with Crippen LogP contribution in [0.25, 0.3) is 10.9 Å². The summed E-state index contributed by atoms with van der Waals surface area (Å²) in [5, 5.41) is 0.913. The first-order chi connectivity index (χ1) is 6.70. The minimum Gasteiger partial charge on any atom is -0.481 e. The molecule has 0 spiro atoms. The Morgan fingerprint density at radius 2 is 2.29 bits per heavy atom. The highest BCUT2D eigenvalue weighted by Gasteiger charge is 2.05. The van der Waals surface area contributed by atoms with Crippen molar-refractivity contribution < 1.29 is 9.53 Å². The highest BCUT2D eigenvalue weighted by atomic mass is 16.5. The standard InChI is InChI=1S/C10H10N2O2/c1-6(13)8-3-7-5-11-10(14-2)4-9(7)12-8/h3-5,12H,1-2H3. The van der Waals surface area contributed by atoms with Gasteiger partial charge in [0, 0.05) is 24.6 Å². The van der Waals surface area contributed by atoms with Crippen LogP contribution in [0.5, 0.6) is 5.88 Å². The van der Waals surface area contributed by atoms with Crippen molar-refractivity contribution in [2.24, 2.45) is 0 Å². The van der Waals surface area contributed by atoms with Gasteiger partial charge in [0.05, 0.1) is 18.3 Å². The number of aromatic nitrogens is 2. The van der Waals surface area contributed by atoms with Crippen LogP contribution < -0.4 is 4.74 Å². The number of hydrogen-bond donors (Lipinski definition) is 1. The minimum absolute atomic E-state index is 0.0140. The van der Waals surface area contributed by atoms with Crippen LogP contribution >= 0.6 is 0 Å². The number of aromatic amines is 1. The molecule has 0 radical (unpaired) electrons. The van der Waals surface area contributed by atoms with Crippen molar-refractivity contribution in [3.63, 3.8) is 0 Å². The molecule has 0 bridgehead atoms. The Balaban J connectivity index is 2.60. The number of ether oxygens (including phenoxy) is 1. The molecule has 0 unspecified atom stereocenters. The highest BCUT2D eigenvalue weighted by molar-refractivity contribution is 5.97. The number of Topliss-reactive ketones (excluding diaryl/α,β-unsaturated/α-hetero) is 1. The van der Waals surface area contributed by atoms with Gasteiger partial charge in [-0.2, -0.15) is 0 Å². The fraction of sp³-hybridized carbons (Fsp3) is 0.200. The molecule has 0 aromatic carbocycles. The highest BCUT2D eigenvalue weighted by Crippen LogP contribution is 2.18. The molecule has 0 saturated carbocycles. The largest absolute Gasteiger partial charge is 0.481 e. The SMILES string of the molecule is COc1cc2[nH]c(C(C)=O)cc2cn1. The lowest BCUT2D eigenvalue weighted by molar-refractivity contribution is 0.101. The van der Waals surface area contributed by atoms with Gasteiger partial charge in [-0.3, -0.25) is 4.79 Å². The average Bonchev–Trinajstić information content (AvgIpc) is 2.59. The fourth-order valence-electron chi connectivity index (χ4n) is 1.31. The molecule has 2 rings (SSSR count). The third-order valence-corrected chi connectivity index (χ3v) is 2.07. The van der Waals surface area contributed by atoms with Crippen LogP contribution in [0, 0.1) is 0 Å². The smallest absolute Gasteiger partial charge is 0.215 e. The van der Waals surface area contributed by atoms with Gasteiger partial charge in [0.15, 0.2) is 5.78 Å². The van der Waals surface area contributed by atoms with Crippen molar-refractivity contribution >= 4 is 16.7 Å². The van der Waals surface area contributed by atoms with Crippen molar-refractivity contribution in [3.05, 3.63) is 24.0 Å². The van der Waals surface area contributed by atoms with Crippen molar-refractivity contribution in [1.82, 2.24) is 9.97 Å². The molecule has 2 heterocycles. The summed E-state index contributed by atoms with van der Waals surface area (Å²) >= 11 is 0. The Labute approximate surface area is 80.9 Å². The fourth-order valence-corrected chi connectivity index (χ4v) is 1.31.